The fourth-order valence-corrected chi connectivity index (χ4v) is 6.23. The van der Waals surface area contributed by atoms with Crippen LogP contribution in [0.5, 0.6) is 0 Å². The molecule has 0 heterocycles. The summed E-state index contributed by atoms with van der Waals surface area (Å²) in [7, 11) is -4.15. The highest BCUT2D eigenvalue weighted by atomic mass is 35.5. The van der Waals surface area contributed by atoms with Crippen LogP contribution in [0.15, 0.2) is 114 Å². The first-order valence-corrected chi connectivity index (χ1v) is 16.0. The molecule has 7 nitrogen and oxygen atoms in total. The monoisotopic (exact) mass is 617 g/mol. The minimum atomic E-state index is -4.15. The zero-order valence-electron chi connectivity index (χ0n) is 24.3. The van der Waals surface area contributed by atoms with Gasteiger partial charge in [0.1, 0.15) is 12.6 Å². The maximum absolute atomic E-state index is 14.4. The number of benzene rings is 4. The van der Waals surface area contributed by atoms with E-state index in [1.165, 1.54) is 17.0 Å². The summed E-state index contributed by atoms with van der Waals surface area (Å²) in [6.07, 6.45) is 0.996. The molecule has 2 amide bonds. The van der Waals surface area contributed by atoms with Crippen LogP contribution in [0.2, 0.25) is 5.02 Å². The average molecular weight is 618 g/mol. The van der Waals surface area contributed by atoms with Crippen molar-refractivity contribution >= 4 is 39.1 Å². The van der Waals surface area contributed by atoms with E-state index in [1.807, 2.05) is 68.4 Å². The van der Waals surface area contributed by atoms with E-state index in [1.54, 1.807) is 42.5 Å². The molecule has 4 aromatic carbocycles. The second-order valence-corrected chi connectivity index (χ2v) is 12.6. The summed E-state index contributed by atoms with van der Waals surface area (Å²) in [5.74, 6) is -0.808. The summed E-state index contributed by atoms with van der Waals surface area (Å²) in [4.78, 5) is 29.6. The molecule has 4 aromatic rings. The highest BCUT2D eigenvalue weighted by molar-refractivity contribution is 7.92. The molecular formula is C34H36ClN3O4S. The zero-order valence-corrected chi connectivity index (χ0v) is 25.9. The molecular weight excluding hydrogens is 582 g/mol. The fourth-order valence-electron chi connectivity index (χ4n) is 4.67. The highest BCUT2D eigenvalue weighted by Gasteiger charge is 2.34. The fraction of sp³-hybridized carbons (Fsp3) is 0.235. The first-order chi connectivity index (χ1) is 20.7. The van der Waals surface area contributed by atoms with E-state index in [4.69, 9.17) is 11.6 Å². The normalized spacial score (nSPS) is 11.9. The van der Waals surface area contributed by atoms with Gasteiger partial charge in [0.2, 0.25) is 11.8 Å². The zero-order chi connectivity index (χ0) is 30.8. The largest absolute Gasteiger partial charge is 0.354 e. The highest BCUT2D eigenvalue weighted by Crippen LogP contribution is 2.26. The summed E-state index contributed by atoms with van der Waals surface area (Å²) >= 11 is 6.11. The number of halogens is 1. The molecule has 1 atom stereocenters. The number of hydrogen-bond acceptors (Lipinski definition) is 4. The molecule has 0 aliphatic carbocycles. The summed E-state index contributed by atoms with van der Waals surface area (Å²) in [5.41, 5.74) is 3.05. The lowest BCUT2D eigenvalue weighted by atomic mass is 10.0. The lowest BCUT2D eigenvalue weighted by Gasteiger charge is -2.34. The van der Waals surface area contributed by atoms with Crippen LogP contribution < -0.4 is 9.62 Å². The van der Waals surface area contributed by atoms with E-state index in [2.05, 4.69) is 5.32 Å². The lowest BCUT2D eigenvalue weighted by Crippen LogP contribution is -2.53. The van der Waals surface area contributed by atoms with Crippen LogP contribution in [0.3, 0.4) is 0 Å². The van der Waals surface area contributed by atoms with Gasteiger partial charge in [-0.05, 0) is 60.9 Å². The van der Waals surface area contributed by atoms with Gasteiger partial charge < -0.3 is 10.2 Å². The van der Waals surface area contributed by atoms with Crippen molar-refractivity contribution in [3.8, 4) is 0 Å². The van der Waals surface area contributed by atoms with Gasteiger partial charge in [0.15, 0.2) is 0 Å². The van der Waals surface area contributed by atoms with Gasteiger partial charge >= 0.3 is 0 Å². The van der Waals surface area contributed by atoms with Crippen LogP contribution in [0, 0.1) is 6.92 Å². The molecule has 0 radical (unpaired) electrons. The number of carbonyl (C=O) groups excluding carboxylic acids is 2. The Hall–Kier alpha value is -4.14. The maximum atomic E-state index is 14.4. The van der Waals surface area contributed by atoms with Gasteiger partial charge in [-0.25, -0.2) is 8.42 Å². The second kappa shape index (κ2) is 14.8. The number of aryl methyl sites for hydroxylation is 1. The molecule has 224 valence electrons. The molecule has 0 aliphatic rings. The van der Waals surface area contributed by atoms with Gasteiger partial charge in [0, 0.05) is 24.5 Å². The molecule has 0 saturated carbocycles. The average Bonchev–Trinajstić information content (AvgIpc) is 3.02. The molecule has 43 heavy (non-hydrogen) atoms. The summed E-state index contributed by atoms with van der Waals surface area (Å²) in [6.45, 7) is 3.99. The predicted molar refractivity (Wildman–Crippen MR) is 171 cm³/mol. The topological polar surface area (TPSA) is 86.8 Å². The smallest absolute Gasteiger partial charge is 0.264 e. The Morgan fingerprint density at radius 1 is 0.814 bits per heavy atom. The molecule has 0 fully saturated rings. The van der Waals surface area contributed by atoms with Crippen molar-refractivity contribution in [1.29, 1.82) is 0 Å². The Bertz CT molecular complexity index is 1600. The minimum absolute atomic E-state index is 0.0457. The number of hydrogen-bond donors (Lipinski definition) is 1. The van der Waals surface area contributed by atoms with Gasteiger partial charge in [-0.2, -0.15) is 0 Å². The number of rotatable bonds is 13. The van der Waals surface area contributed by atoms with E-state index in [9.17, 15) is 18.0 Å². The van der Waals surface area contributed by atoms with Gasteiger partial charge in [0.25, 0.3) is 10.0 Å². The minimum Gasteiger partial charge on any atom is -0.354 e. The number of anilines is 1. The number of carbonyl (C=O) groups is 2. The van der Waals surface area contributed by atoms with Gasteiger partial charge in [-0.15, -0.1) is 0 Å². The molecule has 0 unspecified atom stereocenters. The molecule has 0 saturated heterocycles. The molecule has 0 spiro atoms. The molecule has 1 N–H and O–H groups in total. The molecule has 9 heteroatoms. The number of sulfonamides is 1. The SMILES string of the molecule is CCCNC(=O)[C@@H](Cc1ccccc1)N(Cc1ccc(C)cc1)C(=O)CN(c1ccc(Cl)cc1)S(=O)(=O)c1ccccc1. The molecule has 4 rings (SSSR count). The third-order valence-corrected chi connectivity index (χ3v) is 9.06. The van der Waals surface area contributed by atoms with Gasteiger partial charge in [0.05, 0.1) is 10.6 Å². The van der Waals surface area contributed by atoms with Crippen molar-refractivity contribution in [2.45, 2.75) is 44.2 Å². The van der Waals surface area contributed by atoms with Crippen molar-refractivity contribution < 1.29 is 18.0 Å². The second-order valence-electron chi connectivity index (χ2n) is 10.3. The Kier molecular flexibility index (Phi) is 11.0. The van der Waals surface area contributed by atoms with Crippen LogP contribution in [-0.2, 0) is 32.6 Å². The van der Waals surface area contributed by atoms with Crippen molar-refractivity contribution in [1.82, 2.24) is 10.2 Å². The van der Waals surface area contributed by atoms with E-state index in [0.717, 1.165) is 27.4 Å². The third kappa shape index (κ3) is 8.46. The predicted octanol–water partition coefficient (Wildman–Crippen LogP) is 6.01. The number of nitrogens with one attached hydrogen (secondary N) is 1. The quantitative estimate of drug-likeness (QED) is 0.199. The summed E-state index contributed by atoms with van der Waals surface area (Å²) in [5, 5.41) is 3.38. The van der Waals surface area contributed by atoms with Crippen molar-refractivity contribution in [2.75, 3.05) is 17.4 Å². The van der Waals surface area contributed by atoms with Crippen LogP contribution in [0.1, 0.15) is 30.0 Å². The third-order valence-electron chi connectivity index (χ3n) is 7.02. The molecule has 0 aliphatic heterocycles. The van der Waals surface area contributed by atoms with E-state index in [-0.39, 0.29) is 29.5 Å². The van der Waals surface area contributed by atoms with Crippen molar-refractivity contribution in [3.63, 3.8) is 0 Å². The van der Waals surface area contributed by atoms with E-state index in [0.29, 0.717) is 11.6 Å². The van der Waals surface area contributed by atoms with Gasteiger partial charge in [-0.1, -0.05) is 96.9 Å². The van der Waals surface area contributed by atoms with Crippen molar-refractivity contribution in [3.05, 3.63) is 131 Å². The van der Waals surface area contributed by atoms with Crippen LogP contribution in [0.25, 0.3) is 0 Å². The lowest BCUT2D eigenvalue weighted by molar-refractivity contribution is -0.140. The van der Waals surface area contributed by atoms with E-state index < -0.39 is 28.5 Å². The van der Waals surface area contributed by atoms with Crippen LogP contribution in [-0.4, -0.2) is 44.3 Å². The summed E-state index contributed by atoms with van der Waals surface area (Å²) in [6, 6.07) is 30.6. The summed E-state index contributed by atoms with van der Waals surface area (Å²) < 4.78 is 29.0. The Morgan fingerprint density at radius 3 is 2.02 bits per heavy atom. The first-order valence-electron chi connectivity index (χ1n) is 14.2. The maximum Gasteiger partial charge on any atom is 0.264 e. The first kappa shape index (κ1) is 31.8. The number of amides is 2. The van der Waals surface area contributed by atoms with Gasteiger partial charge in [-0.3, -0.25) is 13.9 Å². The Balaban J connectivity index is 1.78. The van der Waals surface area contributed by atoms with Crippen molar-refractivity contribution in [2.24, 2.45) is 0 Å². The van der Waals surface area contributed by atoms with Crippen LogP contribution in [0.4, 0.5) is 5.69 Å². The Morgan fingerprint density at radius 2 is 1.42 bits per heavy atom. The number of nitrogens with zero attached hydrogens (tertiary/aromatic N) is 2. The molecule has 0 bridgehead atoms. The Labute approximate surface area is 259 Å². The van der Waals surface area contributed by atoms with Crippen LogP contribution >= 0.6 is 11.6 Å². The standard InChI is InChI=1S/C34H36ClN3O4S/c1-3-22-36-34(40)32(23-27-10-6-4-7-11-27)37(24-28-16-14-26(2)15-17-28)33(39)25-38(30-20-18-29(35)19-21-30)43(41,42)31-12-8-5-9-13-31/h4-21,32H,3,22-25H2,1-2H3,(H,36,40)/t32-/m1/s1. The molecule has 0 aromatic heterocycles. The van der Waals surface area contributed by atoms with E-state index >= 15 is 0 Å².